The van der Waals surface area contributed by atoms with E-state index < -0.39 is 11.7 Å². The predicted molar refractivity (Wildman–Crippen MR) is 28.9 cm³/mol. The highest BCUT2D eigenvalue weighted by Gasteiger charge is 2.46. The smallest absolute Gasteiger partial charge is 0.318 e. The van der Waals surface area contributed by atoms with E-state index in [1.54, 1.807) is 0 Å². The third-order valence-corrected chi connectivity index (χ3v) is 1.38. The van der Waals surface area contributed by atoms with E-state index in [-0.39, 0.29) is 6.42 Å². The lowest BCUT2D eigenvalue weighted by molar-refractivity contribution is -0.181. The van der Waals surface area contributed by atoms with Gasteiger partial charge in [-0.25, -0.2) is 0 Å². The molecule has 1 nitrogen and oxygen atoms in total. The van der Waals surface area contributed by atoms with E-state index in [9.17, 15) is 13.2 Å². The molecule has 0 heterocycles. The zero-order chi connectivity index (χ0) is 7.71. The Hall–Kier alpha value is -0.250. The lowest BCUT2D eigenvalue weighted by atomic mass is 10.0. The van der Waals surface area contributed by atoms with Gasteiger partial charge in [0.05, 0.1) is 0 Å². The molecule has 9 heavy (non-hydrogen) atoms. The molecule has 0 aromatic carbocycles. The SMILES string of the molecule is CCC(C)(N)C(F)(F)F. The summed E-state index contributed by atoms with van der Waals surface area (Å²) in [6.07, 6.45) is -4.36. The van der Waals surface area contributed by atoms with Crippen molar-refractivity contribution in [3.8, 4) is 0 Å². The zero-order valence-corrected chi connectivity index (χ0v) is 5.42. The van der Waals surface area contributed by atoms with Gasteiger partial charge in [-0.15, -0.1) is 0 Å². The van der Waals surface area contributed by atoms with Gasteiger partial charge in [0.1, 0.15) is 5.54 Å². The zero-order valence-electron chi connectivity index (χ0n) is 5.42. The molecule has 0 fully saturated rings. The summed E-state index contributed by atoms with van der Waals surface area (Å²) < 4.78 is 35.1. The van der Waals surface area contributed by atoms with Crippen LogP contribution in [0.4, 0.5) is 13.2 Å². The van der Waals surface area contributed by atoms with Crippen LogP contribution in [-0.4, -0.2) is 11.7 Å². The number of alkyl halides is 3. The molecular weight excluding hydrogens is 131 g/mol. The van der Waals surface area contributed by atoms with E-state index in [0.717, 1.165) is 6.92 Å². The van der Waals surface area contributed by atoms with Gasteiger partial charge in [0.25, 0.3) is 0 Å². The number of hydrogen-bond donors (Lipinski definition) is 1. The Kier molecular flexibility index (Phi) is 2.11. The van der Waals surface area contributed by atoms with Crippen LogP contribution in [0.1, 0.15) is 20.3 Å². The van der Waals surface area contributed by atoms with Crippen molar-refractivity contribution in [2.75, 3.05) is 0 Å². The third kappa shape index (κ3) is 1.86. The third-order valence-electron chi connectivity index (χ3n) is 1.38. The van der Waals surface area contributed by atoms with Crippen molar-refractivity contribution in [2.45, 2.75) is 32.0 Å². The first kappa shape index (κ1) is 8.75. The second-order valence-corrected chi connectivity index (χ2v) is 2.27. The fraction of sp³-hybridized carbons (Fsp3) is 1.00. The molecule has 0 aliphatic carbocycles. The highest BCUT2D eigenvalue weighted by Crippen LogP contribution is 2.29. The molecule has 1 atom stereocenters. The number of hydrogen-bond acceptors (Lipinski definition) is 1. The van der Waals surface area contributed by atoms with Gasteiger partial charge < -0.3 is 5.73 Å². The van der Waals surface area contributed by atoms with E-state index in [4.69, 9.17) is 5.73 Å². The molecule has 0 aliphatic rings. The minimum atomic E-state index is -4.28. The van der Waals surface area contributed by atoms with Gasteiger partial charge in [0.15, 0.2) is 0 Å². The van der Waals surface area contributed by atoms with E-state index >= 15 is 0 Å². The molecule has 0 saturated heterocycles. The lowest BCUT2D eigenvalue weighted by Crippen LogP contribution is -2.49. The maximum absolute atomic E-state index is 11.7. The largest absolute Gasteiger partial charge is 0.406 e. The highest BCUT2D eigenvalue weighted by molar-refractivity contribution is 4.84. The Morgan fingerprint density at radius 3 is 1.67 bits per heavy atom. The van der Waals surface area contributed by atoms with Crippen molar-refractivity contribution in [2.24, 2.45) is 5.73 Å². The first-order chi connectivity index (χ1) is 3.81. The van der Waals surface area contributed by atoms with Gasteiger partial charge in [-0.3, -0.25) is 0 Å². The number of nitrogens with two attached hydrogens (primary N) is 1. The molecule has 0 aliphatic heterocycles. The second kappa shape index (κ2) is 2.17. The van der Waals surface area contributed by atoms with E-state index in [2.05, 4.69) is 0 Å². The molecule has 0 aromatic heterocycles. The average molecular weight is 141 g/mol. The minimum absolute atomic E-state index is 0.0868. The van der Waals surface area contributed by atoms with Crippen molar-refractivity contribution in [1.29, 1.82) is 0 Å². The van der Waals surface area contributed by atoms with Crippen molar-refractivity contribution < 1.29 is 13.2 Å². The van der Waals surface area contributed by atoms with E-state index in [1.165, 1.54) is 6.92 Å². The van der Waals surface area contributed by atoms with Crippen LogP contribution in [-0.2, 0) is 0 Å². The standard InChI is InChI=1S/C5H10F3N/c1-3-4(2,9)5(6,7)8/h3,9H2,1-2H3. The quantitative estimate of drug-likeness (QED) is 0.590. The van der Waals surface area contributed by atoms with Crippen LogP contribution in [0.3, 0.4) is 0 Å². The summed E-state index contributed by atoms with van der Waals surface area (Å²) >= 11 is 0. The minimum Gasteiger partial charge on any atom is -0.318 e. The Bertz CT molecular complexity index is 94.9. The fourth-order valence-electron chi connectivity index (χ4n) is 0.200. The molecule has 0 amide bonds. The normalized spacial score (nSPS) is 19.3. The van der Waals surface area contributed by atoms with Gasteiger partial charge in [-0.05, 0) is 13.3 Å². The van der Waals surface area contributed by atoms with E-state index in [0.29, 0.717) is 0 Å². The molecule has 2 N–H and O–H groups in total. The maximum atomic E-state index is 11.7. The Labute approximate surface area is 52.0 Å². The Morgan fingerprint density at radius 2 is 1.67 bits per heavy atom. The molecule has 0 saturated carbocycles. The lowest BCUT2D eigenvalue weighted by Gasteiger charge is -2.25. The molecule has 0 rings (SSSR count). The van der Waals surface area contributed by atoms with Crippen LogP contribution in [0.25, 0.3) is 0 Å². The molecule has 1 unspecified atom stereocenters. The topological polar surface area (TPSA) is 26.0 Å². The summed E-state index contributed by atoms with van der Waals surface area (Å²) in [4.78, 5) is 0. The maximum Gasteiger partial charge on any atom is 0.406 e. The van der Waals surface area contributed by atoms with E-state index in [1.807, 2.05) is 0 Å². The van der Waals surface area contributed by atoms with Crippen LogP contribution in [0.5, 0.6) is 0 Å². The Balaban J connectivity index is 4.14. The summed E-state index contributed by atoms with van der Waals surface area (Å²) in [5.74, 6) is 0. The first-order valence-corrected chi connectivity index (χ1v) is 2.67. The monoisotopic (exact) mass is 141 g/mol. The van der Waals surface area contributed by atoms with Crippen LogP contribution in [0, 0.1) is 0 Å². The fourth-order valence-corrected chi connectivity index (χ4v) is 0.200. The number of rotatable bonds is 1. The van der Waals surface area contributed by atoms with Gasteiger partial charge in [-0.2, -0.15) is 13.2 Å². The van der Waals surface area contributed by atoms with Crippen LogP contribution in [0.15, 0.2) is 0 Å². The second-order valence-electron chi connectivity index (χ2n) is 2.27. The summed E-state index contributed by atoms with van der Waals surface area (Å²) in [5.41, 5.74) is 2.85. The molecule has 4 heteroatoms. The number of halogens is 3. The van der Waals surface area contributed by atoms with Crippen LogP contribution >= 0.6 is 0 Å². The highest BCUT2D eigenvalue weighted by atomic mass is 19.4. The van der Waals surface area contributed by atoms with Gasteiger partial charge in [0.2, 0.25) is 0 Å². The van der Waals surface area contributed by atoms with Gasteiger partial charge in [-0.1, -0.05) is 6.92 Å². The molecular formula is C5H10F3N. The molecule has 0 radical (unpaired) electrons. The summed E-state index contributed by atoms with van der Waals surface area (Å²) in [6, 6.07) is 0. The predicted octanol–water partition coefficient (Wildman–Crippen LogP) is 1.68. The molecule has 0 aromatic rings. The van der Waals surface area contributed by atoms with Gasteiger partial charge in [0, 0.05) is 0 Å². The van der Waals surface area contributed by atoms with Crippen molar-refractivity contribution in [3.05, 3.63) is 0 Å². The molecule has 0 spiro atoms. The molecule has 0 bridgehead atoms. The average Bonchev–Trinajstić information content (AvgIpc) is 1.64. The Morgan fingerprint density at radius 1 is 1.33 bits per heavy atom. The first-order valence-electron chi connectivity index (χ1n) is 2.67. The van der Waals surface area contributed by atoms with Crippen LogP contribution in [0.2, 0.25) is 0 Å². The van der Waals surface area contributed by atoms with Gasteiger partial charge >= 0.3 is 6.18 Å². The molecule has 56 valence electrons. The summed E-state index contributed by atoms with van der Waals surface area (Å²) in [6.45, 7) is 2.39. The van der Waals surface area contributed by atoms with Crippen molar-refractivity contribution >= 4 is 0 Å². The summed E-state index contributed by atoms with van der Waals surface area (Å²) in [7, 11) is 0. The summed E-state index contributed by atoms with van der Waals surface area (Å²) in [5, 5.41) is 0. The van der Waals surface area contributed by atoms with Crippen LogP contribution < -0.4 is 5.73 Å². The van der Waals surface area contributed by atoms with Crippen molar-refractivity contribution in [1.82, 2.24) is 0 Å². The van der Waals surface area contributed by atoms with Crippen molar-refractivity contribution in [3.63, 3.8) is 0 Å².